The van der Waals surface area contributed by atoms with Crippen LogP contribution < -0.4 is 10.9 Å². The number of nitrogens with one attached hydrogen (secondary N) is 2. The van der Waals surface area contributed by atoms with E-state index in [1.165, 1.54) is 37.8 Å². The fourth-order valence-corrected chi connectivity index (χ4v) is 3.90. The largest absolute Gasteiger partial charge is 0.449 e. The number of ether oxygens (including phenoxy) is 1. The molecule has 1 amide bonds. The van der Waals surface area contributed by atoms with Crippen molar-refractivity contribution in [1.29, 1.82) is 0 Å². The van der Waals surface area contributed by atoms with Gasteiger partial charge in [-0.2, -0.15) is 0 Å². The van der Waals surface area contributed by atoms with E-state index in [-0.39, 0.29) is 6.09 Å². The quantitative estimate of drug-likeness (QED) is 0.739. The Balaban J connectivity index is 1.65. The topological polar surface area (TPSA) is 50.4 Å². The van der Waals surface area contributed by atoms with Gasteiger partial charge < -0.3 is 4.74 Å². The first kappa shape index (κ1) is 10.9. The third-order valence-corrected chi connectivity index (χ3v) is 4.34. The highest BCUT2D eigenvalue weighted by atomic mass is 16.5. The maximum absolute atomic E-state index is 11.3. The molecular formula is C13H20N2O2. The van der Waals surface area contributed by atoms with Crippen molar-refractivity contribution in [1.82, 2.24) is 10.9 Å². The highest BCUT2D eigenvalue weighted by Gasteiger charge is 2.41. The molecule has 0 aromatic carbocycles. The Kier molecular flexibility index (Phi) is 2.73. The van der Waals surface area contributed by atoms with Crippen LogP contribution in [0, 0.1) is 17.8 Å². The molecule has 2 saturated carbocycles. The molecule has 3 atom stereocenters. The number of carbonyl (C=O) groups is 1. The second-order valence-electron chi connectivity index (χ2n) is 5.53. The van der Waals surface area contributed by atoms with E-state index in [1.807, 2.05) is 6.92 Å². The van der Waals surface area contributed by atoms with Crippen molar-refractivity contribution in [2.75, 3.05) is 6.61 Å². The summed E-state index contributed by atoms with van der Waals surface area (Å²) in [5.74, 6) is 2.48. The Labute approximate surface area is 102 Å². The molecule has 4 heteroatoms. The van der Waals surface area contributed by atoms with Crippen LogP contribution >= 0.6 is 0 Å². The van der Waals surface area contributed by atoms with E-state index in [9.17, 15) is 4.79 Å². The van der Waals surface area contributed by atoms with Gasteiger partial charge in [-0.1, -0.05) is 0 Å². The molecule has 4 bridgehead atoms. The van der Waals surface area contributed by atoms with Crippen LogP contribution in [0.2, 0.25) is 0 Å². The Bertz CT molecular complexity index is 348. The van der Waals surface area contributed by atoms with Gasteiger partial charge in [0.05, 0.1) is 6.61 Å². The molecule has 0 spiro atoms. The minimum Gasteiger partial charge on any atom is -0.449 e. The Hall–Kier alpha value is -1.19. The summed E-state index contributed by atoms with van der Waals surface area (Å²) in [4.78, 5) is 11.3. The van der Waals surface area contributed by atoms with Crippen molar-refractivity contribution in [2.24, 2.45) is 17.8 Å². The van der Waals surface area contributed by atoms with Gasteiger partial charge in [0, 0.05) is 11.6 Å². The maximum atomic E-state index is 11.3. The van der Waals surface area contributed by atoms with Gasteiger partial charge in [-0.15, -0.1) is 0 Å². The summed E-state index contributed by atoms with van der Waals surface area (Å²) < 4.78 is 4.85. The van der Waals surface area contributed by atoms with E-state index in [2.05, 4.69) is 10.9 Å². The molecular weight excluding hydrogens is 216 g/mol. The molecule has 0 aromatic heterocycles. The summed E-state index contributed by atoms with van der Waals surface area (Å²) >= 11 is 0. The summed E-state index contributed by atoms with van der Waals surface area (Å²) in [5.41, 5.74) is 8.58. The number of allylic oxidation sites excluding steroid dienone is 2. The molecule has 2 fully saturated rings. The lowest BCUT2D eigenvalue weighted by Gasteiger charge is -2.47. The van der Waals surface area contributed by atoms with Crippen LogP contribution in [-0.4, -0.2) is 12.7 Å². The molecule has 94 valence electrons. The lowest BCUT2D eigenvalue weighted by Crippen LogP contribution is -2.45. The lowest BCUT2D eigenvalue weighted by molar-refractivity contribution is 0.135. The van der Waals surface area contributed by atoms with Gasteiger partial charge in [0.15, 0.2) is 0 Å². The standard InChI is InChI=1S/C13H20N2O2/c1-2-17-13(16)15-14-12-10-4-8-3-9(6-10)7-11(12)5-8/h8-10,14H,2-7H2,1H3,(H,15,16)/t8-,9+,10?. The molecule has 1 unspecified atom stereocenters. The van der Waals surface area contributed by atoms with Gasteiger partial charge in [-0.3, -0.25) is 5.43 Å². The molecule has 0 aliphatic heterocycles. The minimum atomic E-state index is -0.380. The van der Waals surface area contributed by atoms with Gasteiger partial charge in [0.2, 0.25) is 0 Å². The third-order valence-electron chi connectivity index (χ3n) is 4.34. The van der Waals surface area contributed by atoms with Gasteiger partial charge >= 0.3 is 6.09 Å². The van der Waals surface area contributed by atoms with Crippen LogP contribution in [-0.2, 0) is 4.74 Å². The van der Waals surface area contributed by atoms with Crippen LogP contribution in [0.1, 0.15) is 39.0 Å². The SMILES string of the molecule is CCOC(=O)NNC1=C2C[C@@H]3CC1C[C@H](C2)C3. The van der Waals surface area contributed by atoms with E-state index < -0.39 is 0 Å². The molecule has 0 aromatic rings. The van der Waals surface area contributed by atoms with Gasteiger partial charge in [-0.05, 0) is 56.4 Å². The molecule has 0 saturated heterocycles. The van der Waals surface area contributed by atoms with Crippen molar-refractivity contribution in [3.63, 3.8) is 0 Å². The first-order valence-corrected chi connectivity index (χ1v) is 6.67. The van der Waals surface area contributed by atoms with Crippen molar-refractivity contribution in [2.45, 2.75) is 39.0 Å². The maximum Gasteiger partial charge on any atom is 0.425 e. The number of amides is 1. The van der Waals surface area contributed by atoms with Gasteiger partial charge in [0.25, 0.3) is 0 Å². The normalized spacial score (nSPS) is 33.8. The predicted molar refractivity (Wildman–Crippen MR) is 63.9 cm³/mol. The van der Waals surface area contributed by atoms with E-state index in [4.69, 9.17) is 4.74 Å². The van der Waals surface area contributed by atoms with E-state index in [0.717, 1.165) is 11.8 Å². The summed E-state index contributed by atoms with van der Waals surface area (Å²) in [5, 5.41) is 0. The summed E-state index contributed by atoms with van der Waals surface area (Å²) in [7, 11) is 0. The van der Waals surface area contributed by atoms with E-state index >= 15 is 0 Å². The van der Waals surface area contributed by atoms with Crippen molar-refractivity contribution in [3.8, 4) is 0 Å². The molecule has 0 radical (unpaired) electrons. The number of hydrogen-bond donors (Lipinski definition) is 2. The van der Waals surface area contributed by atoms with Gasteiger partial charge in [-0.25, -0.2) is 10.2 Å². The minimum absolute atomic E-state index is 0.380. The summed E-state index contributed by atoms with van der Waals surface area (Å²) in [6.07, 6.45) is 6.12. The highest BCUT2D eigenvalue weighted by Crippen LogP contribution is 2.52. The zero-order valence-corrected chi connectivity index (χ0v) is 10.3. The summed E-state index contributed by atoms with van der Waals surface area (Å²) in [6, 6.07) is 0. The van der Waals surface area contributed by atoms with E-state index in [1.54, 1.807) is 5.57 Å². The molecule has 4 rings (SSSR count). The van der Waals surface area contributed by atoms with Crippen molar-refractivity contribution < 1.29 is 9.53 Å². The number of rotatable bonds is 3. The molecule has 0 heterocycles. The number of hydrazine groups is 1. The zero-order chi connectivity index (χ0) is 11.8. The monoisotopic (exact) mass is 236 g/mol. The number of carbonyl (C=O) groups excluding carboxylic acids is 1. The predicted octanol–water partition coefficient (Wildman–Crippen LogP) is 2.33. The lowest BCUT2D eigenvalue weighted by atomic mass is 9.60. The fraction of sp³-hybridized carbons (Fsp3) is 0.769. The Morgan fingerprint density at radius 3 is 2.59 bits per heavy atom. The molecule has 17 heavy (non-hydrogen) atoms. The fourth-order valence-electron chi connectivity index (χ4n) is 3.90. The van der Waals surface area contributed by atoms with Crippen LogP contribution in [0.25, 0.3) is 0 Å². The highest BCUT2D eigenvalue weighted by molar-refractivity contribution is 5.66. The number of hydrogen-bond acceptors (Lipinski definition) is 3. The third kappa shape index (κ3) is 2.01. The first-order valence-electron chi connectivity index (χ1n) is 6.67. The smallest absolute Gasteiger partial charge is 0.425 e. The summed E-state index contributed by atoms with van der Waals surface area (Å²) in [6.45, 7) is 2.22. The van der Waals surface area contributed by atoms with Crippen LogP contribution in [0.5, 0.6) is 0 Å². The van der Waals surface area contributed by atoms with Crippen molar-refractivity contribution in [3.05, 3.63) is 11.3 Å². The average Bonchev–Trinajstić information content (AvgIpc) is 2.27. The molecule has 4 aliphatic carbocycles. The second kappa shape index (κ2) is 4.24. The van der Waals surface area contributed by atoms with Crippen LogP contribution in [0.3, 0.4) is 0 Å². The molecule has 2 N–H and O–H groups in total. The molecule has 4 aliphatic rings. The van der Waals surface area contributed by atoms with Crippen LogP contribution in [0.4, 0.5) is 4.79 Å². The van der Waals surface area contributed by atoms with Crippen LogP contribution in [0.15, 0.2) is 11.3 Å². The Morgan fingerprint density at radius 2 is 2.00 bits per heavy atom. The Morgan fingerprint density at radius 1 is 1.29 bits per heavy atom. The van der Waals surface area contributed by atoms with Crippen molar-refractivity contribution >= 4 is 6.09 Å². The zero-order valence-electron chi connectivity index (χ0n) is 10.3. The van der Waals surface area contributed by atoms with E-state index in [0.29, 0.717) is 12.5 Å². The average molecular weight is 236 g/mol. The first-order chi connectivity index (χ1) is 8.26. The molecule has 4 nitrogen and oxygen atoms in total. The second-order valence-corrected chi connectivity index (χ2v) is 5.53. The van der Waals surface area contributed by atoms with Gasteiger partial charge in [0.1, 0.15) is 0 Å².